The van der Waals surface area contributed by atoms with E-state index < -0.39 is 17.9 Å². The highest BCUT2D eigenvalue weighted by Gasteiger charge is 2.41. The molecule has 1 atom stereocenters. The van der Waals surface area contributed by atoms with Crippen molar-refractivity contribution in [1.29, 1.82) is 0 Å². The van der Waals surface area contributed by atoms with E-state index in [1.54, 1.807) is 36.4 Å². The van der Waals surface area contributed by atoms with E-state index in [4.69, 9.17) is 28.6 Å². The molecule has 0 aliphatic carbocycles. The molecule has 33 heavy (non-hydrogen) atoms. The predicted octanol–water partition coefficient (Wildman–Crippen LogP) is 5.95. The molecule has 1 fully saturated rings. The maximum absolute atomic E-state index is 13.0. The Morgan fingerprint density at radius 1 is 1.06 bits per heavy atom. The normalized spacial score (nSPS) is 15.7. The van der Waals surface area contributed by atoms with Crippen molar-refractivity contribution in [2.24, 2.45) is 0 Å². The highest BCUT2D eigenvalue weighted by molar-refractivity contribution is 8.26. The number of thiocarbonyl (C=S) groups is 1. The second-order valence-electron chi connectivity index (χ2n) is 7.19. The molecule has 1 amide bonds. The molecule has 3 aromatic rings. The van der Waals surface area contributed by atoms with Crippen LogP contribution in [0.5, 0.6) is 5.75 Å². The zero-order valence-electron chi connectivity index (χ0n) is 17.2. The molecule has 1 saturated heterocycles. The van der Waals surface area contributed by atoms with Crippen molar-refractivity contribution in [3.8, 4) is 5.75 Å². The Labute approximate surface area is 205 Å². The number of benzene rings is 3. The van der Waals surface area contributed by atoms with Crippen LogP contribution in [0.3, 0.4) is 0 Å². The van der Waals surface area contributed by atoms with Gasteiger partial charge in [-0.15, -0.1) is 0 Å². The van der Waals surface area contributed by atoms with E-state index in [2.05, 4.69) is 0 Å². The molecular weight excluding hydrogens is 478 g/mol. The first-order valence-corrected chi connectivity index (χ1v) is 11.5. The van der Waals surface area contributed by atoms with Crippen molar-refractivity contribution < 1.29 is 19.4 Å². The van der Waals surface area contributed by atoms with E-state index in [0.717, 1.165) is 27.8 Å². The first-order chi connectivity index (χ1) is 15.9. The van der Waals surface area contributed by atoms with Crippen molar-refractivity contribution >= 4 is 57.9 Å². The summed E-state index contributed by atoms with van der Waals surface area (Å²) in [5, 5.41) is 10.4. The van der Waals surface area contributed by atoms with Gasteiger partial charge in [0.1, 0.15) is 16.7 Å². The van der Waals surface area contributed by atoms with Gasteiger partial charge in [-0.2, -0.15) is 0 Å². The third-order valence-electron chi connectivity index (χ3n) is 4.93. The zero-order chi connectivity index (χ0) is 23.4. The van der Waals surface area contributed by atoms with Gasteiger partial charge in [0.15, 0.2) is 6.04 Å². The van der Waals surface area contributed by atoms with E-state index >= 15 is 0 Å². The van der Waals surface area contributed by atoms with Crippen LogP contribution in [0.4, 0.5) is 0 Å². The Morgan fingerprint density at radius 3 is 2.36 bits per heavy atom. The van der Waals surface area contributed by atoms with Crippen LogP contribution in [0, 0.1) is 0 Å². The number of ether oxygens (including phenoxy) is 1. The summed E-state index contributed by atoms with van der Waals surface area (Å²) in [4.78, 5) is 26.5. The molecule has 0 radical (unpaired) electrons. The van der Waals surface area contributed by atoms with Crippen LogP contribution in [0.25, 0.3) is 6.08 Å². The maximum atomic E-state index is 13.0. The SMILES string of the molecule is O=C(O)[C@@H](c1ccccc1)N1C(=O)/C(=C/c2ccc(OCc3ccc(Cl)cc3)cc2)SC1=S. The molecule has 0 bridgehead atoms. The number of hydrogen-bond acceptors (Lipinski definition) is 5. The van der Waals surface area contributed by atoms with E-state index in [9.17, 15) is 14.7 Å². The number of halogens is 1. The van der Waals surface area contributed by atoms with Crippen LogP contribution >= 0.6 is 35.6 Å². The van der Waals surface area contributed by atoms with Gasteiger partial charge in [-0.25, -0.2) is 4.79 Å². The fourth-order valence-corrected chi connectivity index (χ4v) is 4.74. The number of aliphatic carboxylic acids is 1. The highest BCUT2D eigenvalue weighted by Crippen LogP contribution is 2.38. The summed E-state index contributed by atoms with van der Waals surface area (Å²) in [5.41, 5.74) is 2.27. The molecule has 0 saturated carbocycles. The fourth-order valence-electron chi connectivity index (χ4n) is 3.30. The number of nitrogens with zero attached hydrogens (tertiary/aromatic N) is 1. The van der Waals surface area contributed by atoms with Crippen molar-refractivity contribution in [2.75, 3.05) is 0 Å². The molecule has 1 N–H and O–H groups in total. The van der Waals surface area contributed by atoms with Crippen LogP contribution in [-0.2, 0) is 16.2 Å². The summed E-state index contributed by atoms with van der Waals surface area (Å²) in [5.74, 6) is -0.880. The largest absolute Gasteiger partial charge is 0.489 e. The Bertz CT molecular complexity index is 1210. The summed E-state index contributed by atoms with van der Waals surface area (Å²) >= 11 is 12.3. The second kappa shape index (κ2) is 10.2. The molecule has 5 nitrogen and oxygen atoms in total. The van der Waals surface area contributed by atoms with Gasteiger partial charge in [-0.3, -0.25) is 9.69 Å². The van der Waals surface area contributed by atoms with Crippen molar-refractivity contribution in [3.05, 3.63) is 105 Å². The van der Waals surface area contributed by atoms with E-state index in [0.29, 0.717) is 27.8 Å². The number of amides is 1. The zero-order valence-corrected chi connectivity index (χ0v) is 19.6. The number of carbonyl (C=O) groups excluding carboxylic acids is 1. The maximum Gasteiger partial charge on any atom is 0.331 e. The third kappa shape index (κ3) is 5.45. The van der Waals surface area contributed by atoms with Crippen LogP contribution in [0.15, 0.2) is 83.8 Å². The number of carboxylic acid groups (broad SMARTS) is 1. The van der Waals surface area contributed by atoms with Crippen molar-refractivity contribution in [1.82, 2.24) is 4.90 Å². The summed E-state index contributed by atoms with van der Waals surface area (Å²) in [6.07, 6.45) is 1.70. The van der Waals surface area contributed by atoms with Gasteiger partial charge in [0, 0.05) is 5.02 Å². The molecule has 4 rings (SSSR count). The molecule has 1 heterocycles. The van der Waals surface area contributed by atoms with E-state index in [-0.39, 0.29) is 4.32 Å². The summed E-state index contributed by atoms with van der Waals surface area (Å²) in [6, 6.07) is 22.1. The lowest BCUT2D eigenvalue weighted by atomic mass is 10.1. The van der Waals surface area contributed by atoms with Crippen molar-refractivity contribution in [2.45, 2.75) is 12.6 Å². The van der Waals surface area contributed by atoms with Gasteiger partial charge in [-0.1, -0.05) is 90.2 Å². The summed E-state index contributed by atoms with van der Waals surface area (Å²) < 4.78 is 6.00. The first kappa shape index (κ1) is 23.0. The molecular formula is C25H18ClNO4S2. The van der Waals surface area contributed by atoms with E-state index in [1.807, 2.05) is 48.5 Å². The Balaban J connectivity index is 1.47. The van der Waals surface area contributed by atoms with Crippen LogP contribution < -0.4 is 4.74 Å². The smallest absolute Gasteiger partial charge is 0.331 e. The van der Waals surface area contributed by atoms with Crippen LogP contribution in [0.2, 0.25) is 5.02 Å². The molecule has 166 valence electrons. The lowest BCUT2D eigenvalue weighted by molar-refractivity contribution is -0.145. The Kier molecular flexibility index (Phi) is 7.13. The van der Waals surface area contributed by atoms with Gasteiger partial charge in [0.05, 0.1) is 4.91 Å². The van der Waals surface area contributed by atoms with Gasteiger partial charge >= 0.3 is 5.97 Å². The minimum absolute atomic E-state index is 0.213. The monoisotopic (exact) mass is 495 g/mol. The standard InChI is InChI=1S/C25H18ClNO4S2/c26-19-10-6-17(7-11-19)15-31-20-12-8-16(9-13-20)14-21-23(28)27(25(32)33-21)22(24(29)30)18-4-2-1-3-5-18/h1-14,22H,15H2,(H,29,30)/b21-14-/t22-/m1/s1. The molecule has 8 heteroatoms. The Morgan fingerprint density at radius 2 is 1.73 bits per heavy atom. The lowest BCUT2D eigenvalue weighted by Crippen LogP contribution is -2.37. The average molecular weight is 496 g/mol. The number of hydrogen-bond donors (Lipinski definition) is 1. The summed E-state index contributed by atoms with van der Waals surface area (Å²) in [7, 11) is 0. The highest BCUT2D eigenvalue weighted by atomic mass is 35.5. The molecule has 0 spiro atoms. The lowest BCUT2D eigenvalue weighted by Gasteiger charge is -2.23. The average Bonchev–Trinajstić information content (AvgIpc) is 3.08. The quantitative estimate of drug-likeness (QED) is 0.323. The molecule has 0 unspecified atom stereocenters. The summed E-state index contributed by atoms with van der Waals surface area (Å²) in [6.45, 7) is 0.408. The Hall–Kier alpha value is -3.13. The third-order valence-corrected chi connectivity index (χ3v) is 6.51. The predicted molar refractivity (Wildman–Crippen MR) is 134 cm³/mol. The number of rotatable bonds is 7. The molecule has 3 aromatic carbocycles. The number of thioether (sulfide) groups is 1. The van der Waals surface area contributed by atoms with Gasteiger partial charge in [0.25, 0.3) is 5.91 Å². The topological polar surface area (TPSA) is 66.8 Å². The van der Waals surface area contributed by atoms with Crippen LogP contribution in [0.1, 0.15) is 22.7 Å². The molecule has 1 aliphatic heterocycles. The van der Waals surface area contributed by atoms with Crippen LogP contribution in [-0.4, -0.2) is 26.2 Å². The fraction of sp³-hybridized carbons (Fsp3) is 0.0800. The van der Waals surface area contributed by atoms with E-state index in [1.165, 1.54) is 0 Å². The first-order valence-electron chi connectivity index (χ1n) is 9.94. The van der Waals surface area contributed by atoms with Gasteiger partial charge < -0.3 is 9.84 Å². The molecule has 0 aromatic heterocycles. The minimum Gasteiger partial charge on any atom is -0.489 e. The second-order valence-corrected chi connectivity index (χ2v) is 9.30. The number of carbonyl (C=O) groups is 2. The van der Waals surface area contributed by atoms with Gasteiger partial charge in [0.2, 0.25) is 0 Å². The van der Waals surface area contributed by atoms with Crippen molar-refractivity contribution in [3.63, 3.8) is 0 Å². The number of carboxylic acids is 1. The molecule has 1 aliphatic rings. The minimum atomic E-state index is -1.17. The van der Waals surface area contributed by atoms with Gasteiger partial charge in [-0.05, 0) is 47.0 Å².